The molecule has 0 radical (unpaired) electrons. The Balaban J connectivity index is 1.57. The summed E-state index contributed by atoms with van der Waals surface area (Å²) in [5.74, 6) is 0.545. The summed E-state index contributed by atoms with van der Waals surface area (Å²) in [6, 6.07) is 16.9. The Morgan fingerprint density at radius 3 is 2.55 bits per heavy atom. The van der Waals surface area contributed by atoms with Gasteiger partial charge in [0, 0.05) is 16.9 Å². The van der Waals surface area contributed by atoms with Crippen molar-refractivity contribution in [3.63, 3.8) is 0 Å². The first-order chi connectivity index (χ1) is 18.2. The van der Waals surface area contributed by atoms with Gasteiger partial charge in [0.15, 0.2) is 11.5 Å². The molecule has 2 heterocycles. The summed E-state index contributed by atoms with van der Waals surface area (Å²) in [4.78, 5) is 23.5. The van der Waals surface area contributed by atoms with Crippen molar-refractivity contribution in [2.45, 2.75) is 13.1 Å². The van der Waals surface area contributed by atoms with Crippen LogP contribution in [0.25, 0.3) is 11.0 Å². The van der Waals surface area contributed by atoms with E-state index in [1.54, 1.807) is 31.5 Å². The first kappa shape index (κ1) is 24.8. The van der Waals surface area contributed by atoms with Crippen molar-refractivity contribution in [3.8, 4) is 5.75 Å². The van der Waals surface area contributed by atoms with Crippen molar-refractivity contribution in [2.75, 3.05) is 17.3 Å². The lowest BCUT2D eigenvalue weighted by molar-refractivity contribution is -0.137. The van der Waals surface area contributed by atoms with Crippen LogP contribution >= 0.6 is 0 Å². The number of ether oxygens (including phenoxy) is 1. The Kier molecular flexibility index (Phi) is 6.41. The lowest BCUT2D eigenvalue weighted by atomic mass is 10.1. The van der Waals surface area contributed by atoms with E-state index in [0.29, 0.717) is 34.0 Å². The minimum Gasteiger partial charge on any atom is -0.497 e. The van der Waals surface area contributed by atoms with Crippen molar-refractivity contribution >= 4 is 39.8 Å². The highest BCUT2D eigenvalue weighted by Crippen LogP contribution is 2.40. The van der Waals surface area contributed by atoms with E-state index in [0.717, 1.165) is 23.4 Å². The van der Waals surface area contributed by atoms with Gasteiger partial charge in [-0.15, -0.1) is 0 Å². The molecule has 0 saturated carbocycles. The highest BCUT2D eigenvalue weighted by molar-refractivity contribution is 6.05. The van der Waals surface area contributed by atoms with E-state index in [2.05, 4.69) is 25.5 Å². The van der Waals surface area contributed by atoms with Crippen LogP contribution in [0, 0.1) is 6.92 Å². The molecule has 3 aromatic carbocycles. The third-order valence-corrected chi connectivity index (χ3v) is 5.93. The number of benzene rings is 3. The van der Waals surface area contributed by atoms with Crippen LogP contribution in [0.15, 0.2) is 79.3 Å². The highest BCUT2D eigenvalue weighted by Gasteiger charge is 2.31. The molecular weight excluding hydrogens is 497 g/mol. The Morgan fingerprint density at radius 2 is 1.82 bits per heavy atom. The molecule has 8 nitrogen and oxygen atoms in total. The molecular formula is C27H21F3N6O2. The van der Waals surface area contributed by atoms with Crippen LogP contribution < -0.4 is 15.0 Å². The van der Waals surface area contributed by atoms with Crippen molar-refractivity contribution in [2.24, 2.45) is 0 Å². The molecule has 0 saturated heterocycles. The van der Waals surface area contributed by atoms with E-state index in [1.165, 1.54) is 18.5 Å². The van der Waals surface area contributed by atoms with Crippen LogP contribution in [0.1, 0.15) is 21.5 Å². The lowest BCUT2D eigenvalue weighted by Crippen LogP contribution is -2.16. The number of aromatic amines is 1. The number of rotatable bonds is 6. The molecule has 11 heteroatoms. The number of hydrogen-bond donors (Lipinski definition) is 2. The quantitative estimate of drug-likeness (QED) is 0.270. The van der Waals surface area contributed by atoms with Crippen molar-refractivity contribution in [3.05, 3.63) is 95.9 Å². The van der Waals surface area contributed by atoms with Crippen LogP contribution in [0.2, 0.25) is 0 Å². The average molecular weight is 518 g/mol. The van der Waals surface area contributed by atoms with Gasteiger partial charge in [0.05, 0.1) is 29.9 Å². The zero-order chi connectivity index (χ0) is 26.9. The topological polar surface area (TPSA) is 96.0 Å². The Hall–Kier alpha value is -4.93. The third-order valence-electron chi connectivity index (χ3n) is 5.93. The molecule has 0 unspecified atom stereocenters. The molecule has 0 bridgehead atoms. The second-order valence-electron chi connectivity index (χ2n) is 8.40. The lowest BCUT2D eigenvalue weighted by Gasteiger charge is -2.27. The number of fused-ring (bicyclic) bond motifs is 1. The largest absolute Gasteiger partial charge is 0.497 e. The standard InChI is InChI=1S/C27H21F3N6O2/c1-16-6-7-19(34-26(37)17-4-3-5-18(12-17)27(28,29)30)13-23(16)36(20-8-10-21(38-2)11-9-20)25-22-14-33-35-24(22)31-15-32-25/h3-15H,1-2H3,(H,34,37)(H,31,32,33,35). The molecule has 192 valence electrons. The van der Waals surface area contributed by atoms with E-state index in [9.17, 15) is 18.0 Å². The Bertz CT molecular complexity index is 1620. The highest BCUT2D eigenvalue weighted by atomic mass is 19.4. The zero-order valence-corrected chi connectivity index (χ0v) is 20.2. The van der Waals surface area contributed by atoms with E-state index in [4.69, 9.17) is 4.74 Å². The minimum absolute atomic E-state index is 0.107. The molecule has 5 aromatic rings. The fourth-order valence-corrected chi connectivity index (χ4v) is 4.01. The summed E-state index contributed by atoms with van der Waals surface area (Å²) in [5, 5.41) is 10.3. The van der Waals surface area contributed by atoms with Gasteiger partial charge in [-0.1, -0.05) is 12.1 Å². The summed E-state index contributed by atoms with van der Waals surface area (Å²) in [6.45, 7) is 1.90. The predicted octanol–water partition coefficient (Wildman–Crippen LogP) is 6.41. The number of nitrogens with zero attached hydrogens (tertiary/aromatic N) is 4. The molecule has 5 rings (SSSR count). The molecule has 0 spiro atoms. The van der Waals surface area contributed by atoms with Gasteiger partial charge in [0.1, 0.15) is 12.1 Å². The van der Waals surface area contributed by atoms with E-state index in [-0.39, 0.29) is 5.56 Å². The number of methoxy groups -OCH3 is 1. The van der Waals surface area contributed by atoms with E-state index in [1.807, 2.05) is 36.1 Å². The van der Waals surface area contributed by atoms with Gasteiger partial charge in [-0.25, -0.2) is 9.97 Å². The number of carbonyl (C=O) groups excluding carboxylic acids is 1. The third kappa shape index (κ3) is 4.85. The second-order valence-corrected chi connectivity index (χ2v) is 8.40. The summed E-state index contributed by atoms with van der Waals surface area (Å²) >= 11 is 0. The zero-order valence-electron chi connectivity index (χ0n) is 20.2. The van der Waals surface area contributed by atoms with Gasteiger partial charge in [-0.2, -0.15) is 18.3 Å². The van der Waals surface area contributed by atoms with Crippen molar-refractivity contribution in [1.82, 2.24) is 20.2 Å². The van der Waals surface area contributed by atoms with Crippen molar-refractivity contribution in [1.29, 1.82) is 0 Å². The average Bonchev–Trinajstić information content (AvgIpc) is 3.40. The second kappa shape index (κ2) is 9.85. The predicted molar refractivity (Wildman–Crippen MR) is 137 cm³/mol. The number of aromatic nitrogens is 4. The molecule has 0 fully saturated rings. The van der Waals surface area contributed by atoms with Gasteiger partial charge >= 0.3 is 6.18 Å². The number of aryl methyl sites for hydroxylation is 1. The number of nitrogens with one attached hydrogen (secondary N) is 2. The number of carbonyl (C=O) groups is 1. The minimum atomic E-state index is -4.55. The number of anilines is 4. The summed E-state index contributed by atoms with van der Waals surface area (Å²) < 4.78 is 44.7. The van der Waals surface area contributed by atoms with Crippen molar-refractivity contribution < 1.29 is 22.7 Å². The molecule has 38 heavy (non-hydrogen) atoms. The Morgan fingerprint density at radius 1 is 1.03 bits per heavy atom. The molecule has 1 amide bonds. The first-order valence-corrected chi connectivity index (χ1v) is 11.4. The molecule has 0 aliphatic heterocycles. The maximum Gasteiger partial charge on any atom is 0.416 e. The summed E-state index contributed by atoms with van der Waals surface area (Å²) in [7, 11) is 1.58. The van der Waals surface area contributed by atoms with Gasteiger partial charge in [0.25, 0.3) is 5.91 Å². The first-order valence-electron chi connectivity index (χ1n) is 11.4. The monoisotopic (exact) mass is 518 g/mol. The van der Waals surface area contributed by atoms with Crippen LogP contribution in [0.3, 0.4) is 0 Å². The molecule has 0 aliphatic carbocycles. The fourth-order valence-electron chi connectivity index (χ4n) is 4.01. The van der Waals surface area contributed by atoms with E-state index < -0.39 is 17.6 Å². The number of alkyl halides is 3. The number of hydrogen-bond acceptors (Lipinski definition) is 6. The molecule has 0 aliphatic rings. The van der Waals surface area contributed by atoms with Crippen LogP contribution in [-0.2, 0) is 6.18 Å². The van der Waals surface area contributed by atoms with Gasteiger partial charge in [-0.3, -0.25) is 14.8 Å². The van der Waals surface area contributed by atoms with E-state index >= 15 is 0 Å². The van der Waals surface area contributed by atoms with Crippen LogP contribution in [-0.4, -0.2) is 33.2 Å². The number of amides is 1. The molecule has 2 aromatic heterocycles. The number of H-pyrrole nitrogens is 1. The fraction of sp³-hybridized carbons (Fsp3) is 0.111. The summed E-state index contributed by atoms with van der Waals surface area (Å²) in [6.07, 6.45) is -1.51. The number of halogens is 3. The SMILES string of the molecule is COc1ccc(N(c2cc(NC(=O)c3cccc(C(F)(F)F)c3)ccc2C)c2ncnc3[nH]ncc23)cc1. The normalized spacial score (nSPS) is 11.4. The van der Waals surface area contributed by atoms with Gasteiger partial charge < -0.3 is 10.1 Å². The van der Waals surface area contributed by atoms with Crippen LogP contribution in [0.4, 0.5) is 36.1 Å². The maximum atomic E-state index is 13.1. The summed E-state index contributed by atoms with van der Waals surface area (Å²) in [5.41, 5.74) is 2.21. The smallest absolute Gasteiger partial charge is 0.416 e. The van der Waals surface area contributed by atoms with Gasteiger partial charge in [0.2, 0.25) is 0 Å². The van der Waals surface area contributed by atoms with Crippen LogP contribution in [0.5, 0.6) is 5.75 Å². The molecule has 0 atom stereocenters. The molecule has 2 N–H and O–H groups in total. The van der Waals surface area contributed by atoms with Gasteiger partial charge in [-0.05, 0) is 67.1 Å². The maximum absolute atomic E-state index is 13.1. The Labute approximate surface area is 215 Å².